The van der Waals surface area contributed by atoms with Gasteiger partial charge in [0, 0.05) is 12.0 Å². The summed E-state index contributed by atoms with van der Waals surface area (Å²) < 4.78 is 0. The van der Waals surface area contributed by atoms with Crippen LogP contribution in [0.3, 0.4) is 0 Å². The molecule has 1 saturated carbocycles. The van der Waals surface area contributed by atoms with Gasteiger partial charge in [0.05, 0.1) is 0 Å². The van der Waals surface area contributed by atoms with Gasteiger partial charge in [0.2, 0.25) is 0 Å². The number of nitrogens with two attached hydrogens (primary N) is 1. The minimum atomic E-state index is 0.482. The lowest BCUT2D eigenvalue weighted by Crippen LogP contribution is -2.43. The Bertz CT molecular complexity index is 371. The molecule has 2 aliphatic carbocycles. The van der Waals surface area contributed by atoms with E-state index in [-0.39, 0.29) is 0 Å². The maximum atomic E-state index is 5.70. The van der Waals surface area contributed by atoms with E-state index in [0.29, 0.717) is 12.0 Å². The molecule has 0 spiro atoms. The monoisotopic (exact) mass is 216 g/mol. The molecule has 3 rings (SSSR count). The zero-order valence-corrected chi connectivity index (χ0v) is 9.65. The maximum absolute atomic E-state index is 5.70. The molecule has 2 unspecified atom stereocenters. The molecule has 0 radical (unpaired) electrons. The van der Waals surface area contributed by atoms with Crippen LogP contribution >= 0.6 is 0 Å². The number of hydrogen-bond acceptors (Lipinski definition) is 2. The highest BCUT2D eigenvalue weighted by molar-refractivity contribution is 5.41. The fourth-order valence-corrected chi connectivity index (χ4v) is 2.88. The summed E-state index contributed by atoms with van der Waals surface area (Å²) in [6.45, 7) is 0. The van der Waals surface area contributed by atoms with E-state index in [0.717, 1.165) is 5.92 Å². The molecular weight excluding hydrogens is 196 g/mol. The fraction of sp³-hybridized carbons (Fsp3) is 0.571. The molecule has 0 heterocycles. The molecule has 3 N–H and O–H groups in total. The van der Waals surface area contributed by atoms with E-state index >= 15 is 0 Å². The highest BCUT2D eigenvalue weighted by atomic mass is 15.2. The van der Waals surface area contributed by atoms with Gasteiger partial charge >= 0.3 is 0 Å². The van der Waals surface area contributed by atoms with E-state index in [1.165, 1.54) is 43.2 Å². The fourth-order valence-electron chi connectivity index (χ4n) is 2.88. The molecule has 1 fully saturated rings. The van der Waals surface area contributed by atoms with Crippen LogP contribution in [0.1, 0.15) is 42.7 Å². The second-order valence-corrected chi connectivity index (χ2v) is 5.30. The molecule has 2 nitrogen and oxygen atoms in total. The van der Waals surface area contributed by atoms with Gasteiger partial charge in [-0.05, 0) is 36.3 Å². The van der Waals surface area contributed by atoms with Gasteiger partial charge in [-0.25, -0.2) is 0 Å². The van der Waals surface area contributed by atoms with Gasteiger partial charge in [-0.3, -0.25) is 11.3 Å². The predicted octanol–water partition coefficient (Wildman–Crippen LogP) is 2.35. The average molecular weight is 216 g/mol. The number of hydrazine groups is 1. The minimum absolute atomic E-state index is 0.482. The van der Waals surface area contributed by atoms with Crippen LogP contribution in [0, 0.1) is 5.92 Å². The van der Waals surface area contributed by atoms with Gasteiger partial charge in [-0.2, -0.15) is 0 Å². The second kappa shape index (κ2) is 4.19. The Morgan fingerprint density at radius 3 is 2.81 bits per heavy atom. The van der Waals surface area contributed by atoms with Crippen molar-refractivity contribution in [3.8, 4) is 0 Å². The molecule has 2 atom stereocenters. The summed E-state index contributed by atoms with van der Waals surface area (Å²) in [6, 6.07) is 9.24. The Kier molecular flexibility index (Phi) is 2.70. The largest absolute Gasteiger partial charge is 0.271 e. The molecule has 86 valence electrons. The quantitative estimate of drug-likeness (QED) is 0.585. The van der Waals surface area contributed by atoms with E-state index < -0.39 is 0 Å². The van der Waals surface area contributed by atoms with Crippen molar-refractivity contribution < 1.29 is 0 Å². The Morgan fingerprint density at radius 2 is 2.12 bits per heavy atom. The van der Waals surface area contributed by atoms with Crippen molar-refractivity contribution in [2.45, 2.75) is 44.1 Å². The van der Waals surface area contributed by atoms with Crippen LogP contribution < -0.4 is 11.3 Å². The number of nitrogens with one attached hydrogen (secondary N) is 1. The molecule has 1 aromatic carbocycles. The van der Waals surface area contributed by atoms with Crippen LogP contribution in [0.4, 0.5) is 0 Å². The number of rotatable bonds is 5. The summed E-state index contributed by atoms with van der Waals surface area (Å²) in [5, 5.41) is 0. The summed E-state index contributed by atoms with van der Waals surface area (Å²) in [7, 11) is 0. The van der Waals surface area contributed by atoms with Crippen molar-refractivity contribution >= 4 is 0 Å². The second-order valence-electron chi connectivity index (χ2n) is 5.30. The Balaban J connectivity index is 1.63. The lowest BCUT2D eigenvalue weighted by atomic mass is 9.72. The van der Waals surface area contributed by atoms with Gasteiger partial charge in [0.1, 0.15) is 0 Å². The molecule has 2 heteroatoms. The first-order chi connectivity index (χ1) is 7.88. The third-order valence-corrected chi connectivity index (χ3v) is 4.18. The third kappa shape index (κ3) is 1.87. The van der Waals surface area contributed by atoms with Crippen molar-refractivity contribution in [2.24, 2.45) is 11.8 Å². The van der Waals surface area contributed by atoms with Crippen molar-refractivity contribution in [3.05, 3.63) is 35.4 Å². The first-order valence-corrected chi connectivity index (χ1v) is 6.42. The lowest BCUT2D eigenvalue weighted by Gasteiger charge is -2.36. The molecule has 2 aliphatic rings. The summed E-state index contributed by atoms with van der Waals surface area (Å²) in [4.78, 5) is 0. The predicted molar refractivity (Wildman–Crippen MR) is 66.0 cm³/mol. The lowest BCUT2D eigenvalue weighted by molar-refractivity contribution is 0.370. The van der Waals surface area contributed by atoms with Crippen LogP contribution in [0.5, 0.6) is 0 Å². The average Bonchev–Trinajstić information content (AvgIpc) is 3.08. The van der Waals surface area contributed by atoms with Crippen molar-refractivity contribution in [3.63, 3.8) is 0 Å². The molecule has 0 saturated heterocycles. The van der Waals surface area contributed by atoms with E-state index in [4.69, 9.17) is 5.84 Å². The zero-order chi connectivity index (χ0) is 11.0. The van der Waals surface area contributed by atoms with Gasteiger partial charge in [-0.1, -0.05) is 37.1 Å². The standard InChI is InChI=1S/C14H20N2/c15-16-14(8-7-10-5-6-10)13-9-11-3-1-2-4-12(11)13/h1-4,10,13-14,16H,5-9,15H2. The van der Waals surface area contributed by atoms with Crippen LogP contribution in [0.15, 0.2) is 24.3 Å². The third-order valence-electron chi connectivity index (χ3n) is 4.18. The first-order valence-electron chi connectivity index (χ1n) is 6.42. The summed E-state index contributed by atoms with van der Waals surface area (Å²) in [5.41, 5.74) is 6.06. The Morgan fingerprint density at radius 1 is 1.31 bits per heavy atom. The smallest absolute Gasteiger partial charge is 0.0282 e. The number of fused-ring (bicyclic) bond motifs is 1. The van der Waals surface area contributed by atoms with E-state index in [1.54, 1.807) is 0 Å². The summed E-state index contributed by atoms with van der Waals surface area (Å²) in [5.74, 6) is 7.36. The van der Waals surface area contributed by atoms with E-state index in [1.807, 2.05) is 0 Å². The van der Waals surface area contributed by atoms with Crippen molar-refractivity contribution in [1.82, 2.24) is 5.43 Å². The van der Waals surface area contributed by atoms with Gasteiger partial charge < -0.3 is 0 Å². The topological polar surface area (TPSA) is 38.0 Å². The normalized spacial score (nSPS) is 24.7. The summed E-state index contributed by atoms with van der Waals surface area (Å²) in [6.07, 6.45) is 6.68. The van der Waals surface area contributed by atoms with Gasteiger partial charge in [-0.15, -0.1) is 0 Å². The molecular formula is C14H20N2. The molecule has 0 aromatic heterocycles. The maximum Gasteiger partial charge on any atom is 0.0282 e. The molecule has 1 aromatic rings. The van der Waals surface area contributed by atoms with Crippen LogP contribution in [0.25, 0.3) is 0 Å². The zero-order valence-electron chi connectivity index (χ0n) is 9.65. The first kappa shape index (κ1) is 10.3. The Labute approximate surface area is 97.2 Å². The van der Waals surface area contributed by atoms with E-state index in [9.17, 15) is 0 Å². The Hall–Kier alpha value is -0.860. The summed E-state index contributed by atoms with van der Waals surface area (Å²) >= 11 is 0. The SMILES string of the molecule is NNC(CCC1CC1)C1Cc2ccccc21. The van der Waals surface area contributed by atoms with Gasteiger partial charge in [0.25, 0.3) is 0 Å². The number of hydrogen-bond donors (Lipinski definition) is 2. The molecule has 0 bridgehead atoms. The van der Waals surface area contributed by atoms with Crippen molar-refractivity contribution in [2.75, 3.05) is 0 Å². The highest BCUT2D eigenvalue weighted by Gasteiger charge is 2.33. The minimum Gasteiger partial charge on any atom is -0.271 e. The number of benzene rings is 1. The molecule has 0 amide bonds. The highest BCUT2D eigenvalue weighted by Crippen LogP contribution is 2.40. The van der Waals surface area contributed by atoms with Crippen molar-refractivity contribution in [1.29, 1.82) is 0 Å². The molecule has 16 heavy (non-hydrogen) atoms. The van der Waals surface area contributed by atoms with Crippen LogP contribution in [0.2, 0.25) is 0 Å². The van der Waals surface area contributed by atoms with Crippen LogP contribution in [-0.2, 0) is 6.42 Å². The van der Waals surface area contributed by atoms with E-state index in [2.05, 4.69) is 29.7 Å². The van der Waals surface area contributed by atoms with Crippen LogP contribution in [-0.4, -0.2) is 6.04 Å². The van der Waals surface area contributed by atoms with Gasteiger partial charge in [0.15, 0.2) is 0 Å². The molecule has 0 aliphatic heterocycles.